The summed E-state index contributed by atoms with van der Waals surface area (Å²) in [7, 11) is 0. The Hall–Kier alpha value is 0.720. The molecule has 0 saturated carbocycles. The van der Waals surface area contributed by atoms with E-state index in [0.29, 0.717) is 24.6 Å². The number of hydrogen-bond donors (Lipinski definition) is 0. The molecule has 0 aromatic heterocycles. The van der Waals surface area contributed by atoms with Crippen LogP contribution in [-0.2, 0) is 0 Å². The number of rotatable bonds is 6. The van der Waals surface area contributed by atoms with E-state index < -0.39 is 5.51 Å². The van der Waals surface area contributed by atoms with Gasteiger partial charge in [-0.05, 0) is 18.3 Å². The van der Waals surface area contributed by atoms with E-state index in [0.717, 1.165) is 0 Å². The summed E-state index contributed by atoms with van der Waals surface area (Å²) in [6.07, 6.45) is 1.11. The maximum absolute atomic E-state index is 11.8. The van der Waals surface area contributed by atoms with Gasteiger partial charge >= 0.3 is 5.51 Å². The minimum Gasteiger partial charge on any atom is -0.160 e. The molecule has 0 atom stereocenters. The quantitative estimate of drug-likeness (QED) is 0.639. The normalized spacial score (nSPS) is 13.3. The van der Waals surface area contributed by atoms with E-state index >= 15 is 0 Å². The van der Waals surface area contributed by atoms with Gasteiger partial charge in [-0.1, -0.05) is 18.7 Å². The Labute approximate surface area is 96.5 Å². The molecule has 0 spiro atoms. The van der Waals surface area contributed by atoms with Crippen molar-refractivity contribution in [1.82, 2.24) is 0 Å². The molecular weight excluding hydrogens is 256 g/mol. The molecule has 0 radical (unpaired) electrons. The lowest BCUT2D eigenvalue weighted by Crippen LogP contribution is -2.25. The molecule has 0 N–H and O–H groups in total. The van der Waals surface area contributed by atoms with Crippen LogP contribution >= 0.6 is 35.0 Å². The van der Waals surface area contributed by atoms with Gasteiger partial charge in [0, 0.05) is 17.5 Å². The Morgan fingerprint density at radius 1 is 1.14 bits per heavy atom. The number of hydrogen-bond acceptors (Lipinski definition) is 1. The first-order valence-electron chi connectivity index (χ1n) is 4.22. The highest BCUT2D eigenvalue weighted by molar-refractivity contribution is 8.00. The summed E-state index contributed by atoms with van der Waals surface area (Å²) in [5, 5.41) is 0. The second-order valence-corrected chi connectivity index (χ2v) is 4.86. The third-order valence-corrected chi connectivity index (χ3v) is 4.08. The molecule has 0 saturated heterocycles. The zero-order chi connectivity index (χ0) is 11.2. The van der Waals surface area contributed by atoms with E-state index in [1.54, 1.807) is 0 Å². The number of halogens is 5. The largest absolute Gasteiger partial charge is 0.441 e. The molecule has 6 heteroatoms. The molecule has 0 aromatic carbocycles. The van der Waals surface area contributed by atoms with Crippen molar-refractivity contribution in [2.45, 2.75) is 25.3 Å². The summed E-state index contributed by atoms with van der Waals surface area (Å²) in [6, 6.07) is 0. The van der Waals surface area contributed by atoms with Crippen LogP contribution in [0.25, 0.3) is 0 Å². The smallest absolute Gasteiger partial charge is 0.160 e. The minimum absolute atomic E-state index is 0.0107. The Balaban J connectivity index is 3.95. The van der Waals surface area contributed by atoms with E-state index in [1.807, 2.05) is 6.92 Å². The maximum atomic E-state index is 11.8. The van der Waals surface area contributed by atoms with Crippen molar-refractivity contribution < 1.29 is 13.2 Å². The molecule has 0 aromatic rings. The van der Waals surface area contributed by atoms with Crippen LogP contribution in [0.5, 0.6) is 0 Å². The van der Waals surface area contributed by atoms with Gasteiger partial charge in [-0.2, -0.15) is 13.2 Å². The molecule has 0 aliphatic rings. The zero-order valence-corrected chi connectivity index (χ0v) is 10.2. The third kappa shape index (κ3) is 5.56. The standard InChI is InChI=1S/C8H13Cl2F3S/c1-2-7(5-9,6-10)3-4-14-8(11,12)13/h2-6H2,1H3. The van der Waals surface area contributed by atoms with Gasteiger partial charge in [0.1, 0.15) is 0 Å². The van der Waals surface area contributed by atoms with Crippen LogP contribution in [0.3, 0.4) is 0 Å². The average molecular weight is 269 g/mol. The maximum Gasteiger partial charge on any atom is 0.441 e. The van der Waals surface area contributed by atoms with Gasteiger partial charge in [-0.25, -0.2) is 0 Å². The molecule has 0 heterocycles. The number of alkyl halides is 5. The van der Waals surface area contributed by atoms with Gasteiger partial charge in [0.25, 0.3) is 0 Å². The zero-order valence-electron chi connectivity index (χ0n) is 7.83. The van der Waals surface area contributed by atoms with Crippen LogP contribution in [0.4, 0.5) is 13.2 Å². The van der Waals surface area contributed by atoms with E-state index in [2.05, 4.69) is 0 Å². The molecule has 0 nitrogen and oxygen atoms in total. The first-order valence-corrected chi connectivity index (χ1v) is 6.27. The van der Waals surface area contributed by atoms with E-state index in [9.17, 15) is 13.2 Å². The average Bonchev–Trinajstić information content (AvgIpc) is 2.11. The Morgan fingerprint density at radius 2 is 1.64 bits per heavy atom. The summed E-state index contributed by atoms with van der Waals surface area (Å²) in [4.78, 5) is 0. The van der Waals surface area contributed by atoms with E-state index in [4.69, 9.17) is 23.2 Å². The molecule has 0 aliphatic carbocycles. The highest BCUT2D eigenvalue weighted by Crippen LogP contribution is 2.36. The van der Waals surface area contributed by atoms with Crippen LogP contribution in [0.1, 0.15) is 19.8 Å². The molecular formula is C8H13Cl2F3S. The van der Waals surface area contributed by atoms with Gasteiger partial charge in [0.05, 0.1) is 0 Å². The highest BCUT2D eigenvalue weighted by atomic mass is 35.5. The van der Waals surface area contributed by atoms with Crippen LogP contribution in [0, 0.1) is 5.41 Å². The predicted octanol–water partition coefficient (Wildman–Crippen LogP) is 4.50. The first-order chi connectivity index (χ1) is 6.39. The predicted molar refractivity (Wildman–Crippen MR) is 57.3 cm³/mol. The molecule has 0 aliphatic heterocycles. The van der Waals surface area contributed by atoms with Gasteiger partial charge < -0.3 is 0 Å². The molecule has 0 fully saturated rings. The van der Waals surface area contributed by atoms with Crippen molar-refractivity contribution in [3.8, 4) is 0 Å². The Morgan fingerprint density at radius 3 is 1.93 bits per heavy atom. The molecule has 0 amide bonds. The van der Waals surface area contributed by atoms with E-state index in [1.165, 1.54) is 0 Å². The lowest BCUT2D eigenvalue weighted by atomic mass is 9.87. The van der Waals surface area contributed by atoms with Crippen molar-refractivity contribution in [3.05, 3.63) is 0 Å². The fourth-order valence-corrected chi connectivity index (χ4v) is 2.62. The molecule has 14 heavy (non-hydrogen) atoms. The van der Waals surface area contributed by atoms with Crippen molar-refractivity contribution in [2.24, 2.45) is 5.41 Å². The summed E-state index contributed by atoms with van der Waals surface area (Å²) in [5.41, 5.74) is -4.50. The van der Waals surface area contributed by atoms with Gasteiger partial charge in [0.15, 0.2) is 0 Å². The molecule has 0 bridgehead atoms. The molecule has 0 unspecified atom stereocenters. The van der Waals surface area contributed by atoms with E-state index in [-0.39, 0.29) is 22.9 Å². The SMILES string of the molecule is CCC(CCl)(CCl)CCSC(F)(F)F. The lowest BCUT2D eigenvalue weighted by molar-refractivity contribution is -0.0328. The summed E-state index contributed by atoms with van der Waals surface area (Å²) in [5.74, 6) is 0.646. The monoisotopic (exact) mass is 268 g/mol. The third-order valence-electron chi connectivity index (χ3n) is 2.22. The van der Waals surface area contributed by atoms with Crippen molar-refractivity contribution in [2.75, 3.05) is 17.5 Å². The van der Waals surface area contributed by atoms with Gasteiger partial charge in [-0.15, -0.1) is 23.2 Å². The summed E-state index contributed by atoms with van der Waals surface area (Å²) < 4.78 is 35.5. The fourth-order valence-electron chi connectivity index (χ4n) is 0.918. The Bertz CT molecular complexity index is 149. The lowest BCUT2D eigenvalue weighted by Gasteiger charge is -2.27. The van der Waals surface area contributed by atoms with Crippen LogP contribution in [-0.4, -0.2) is 23.0 Å². The van der Waals surface area contributed by atoms with Crippen molar-refractivity contribution in [1.29, 1.82) is 0 Å². The van der Waals surface area contributed by atoms with Crippen LogP contribution < -0.4 is 0 Å². The summed E-state index contributed by atoms with van der Waals surface area (Å²) >= 11 is 11.4. The van der Waals surface area contributed by atoms with Gasteiger partial charge in [-0.3, -0.25) is 0 Å². The van der Waals surface area contributed by atoms with Gasteiger partial charge in [0.2, 0.25) is 0 Å². The summed E-state index contributed by atoms with van der Waals surface area (Å²) in [6.45, 7) is 1.89. The van der Waals surface area contributed by atoms with Crippen molar-refractivity contribution in [3.63, 3.8) is 0 Å². The molecule has 86 valence electrons. The second-order valence-electron chi connectivity index (χ2n) is 3.17. The van der Waals surface area contributed by atoms with Crippen molar-refractivity contribution >= 4 is 35.0 Å². The van der Waals surface area contributed by atoms with Crippen LogP contribution in [0.15, 0.2) is 0 Å². The highest BCUT2D eigenvalue weighted by Gasteiger charge is 2.31. The molecule has 0 rings (SSSR count). The first kappa shape index (κ1) is 14.7. The van der Waals surface area contributed by atoms with Crippen LogP contribution in [0.2, 0.25) is 0 Å². The minimum atomic E-state index is -4.15. The fraction of sp³-hybridized carbons (Fsp3) is 1.00. The topological polar surface area (TPSA) is 0 Å². The second kappa shape index (κ2) is 6.33. The Kier molecular flexibility index (Phi) is 6.66. The number of thioether (sulfide) groups is 1.